The maximum absolute atomic E-state index is 12.8. The predicted octanol–water partition coefficient (Wildman–Crippen LogP) is 4.12. The van der Waals surface area contributed by atoms with E-state index in [0.717, 1.165) is 55.9 Å². The molecule has 0 atom stereocenters. The van der Waals surface area contributed by atoms with E-state index < -0.39 is 0 Å². The molecule has 4 rings (SSSR count). The van der Waals surface area contributed by atoms with Gasteiger partial charge in [0.15, 0.2) is 0 Å². The van der Waals surface area contributed by atoms with E-state index in [4.69, 9.17) is 4.74 Å². The summed E-state index contributed by atoms with van der Waals surface area (Å²) in [6, 6.07) is 13.9. The Balaban J connectivity index is 1.28. The fraction of sp³-hybridized carbons (Fsp3) is 0.455. The zero-order valence-electron chi connectivity index (χ0n) is 15.6. The molecule has 1 saturated heterocycles. The van der Waals surface area contributed by atoms with Crippen LogP contribution in [0, 0.1) is 0 Å². The maximum Gasteiger partial charge on any atom is 0.253 e. The van der Waals surface area contributed by atoms with E-state index in [1.165, 1.54) is 12.8 Å². The van der Waals surface area contributed by atoms with Crippen molar-refractivity contribution in [3.05, 3.63) is 54.2 Å². The van der Waals surface area contributed by atoms with E-state index in [1.807, 2.05) is 47.4 Å². The number of hydrogen-bond acceptors (Lipinski definition) is 4. The molecule has 27 heavy (non-hydrogen) atoms. The Kier molecular flexibility index (Phi) is 5.56. The number of ether oxygens (including phenoxy) is 1. The monoisotopic (exact) mass is 365 g/mol. The lowest BCUT2D eigenvalue weighted by atomic mass is 10.0. The van der Waals surface area contributed by atoms with Crippen molar-refractivity contribution in [2.45, 2.75) is 50.7 Å². The van der Waals surface area contributed by atoms with Crippen LogP contribution in [0.3, 0.4) is 0 Å². The van der Waals surface area contributed by atoms with Gasteiger partial charge in [-0.05, 0) is 74.9 Å². The van der Waals surface area contributed by atoms with Crippen molar-refractivity contribution < 1.29 is 9.53 Å². The predicted molar refractivity (Wildman–Crippen MR) is 106 cm³/mol. The highest BCUT2D eigenvalue weighted by atomic mass is 16.5. The minimum Gasteiger partial charge on any atom is -0.490 e. The molecule has 1 N–H and O–H groups in total. The Labute approximate surface area is 160 Å². The first-order chi connectivity index (χ1) is 13.3. The Bertz CT molecular complexity index is 734. The molecule has 0 spiro atoms. The first kappa shape index (κ1) is 17.8. The molecule has 1 amide bonds. The standard InChI is InChI=1S/C22H27N3O2/c26-22(17-8-10-20(11-9-17)27-19-5-1-2-6-19)25-15-12-18(13-16-25)24-21-7-3-4-14-23-21/h3-4,7-11,14,18-19H,1-2,5-6,12-13,15-16H2,(H,23,24). The number of anilines is 1. The van der Waals surface area contributed by atoms with Crippen LogP contribution in [0.4, 0.5) is 5.82 Å². The normalized spacial score (nSPS) is 18.4. The van der Waals surface area contributed by atoms with Crippen molar-refractivity contribution in [3.63, 3.8) is 0 Å². The van der Waals surface area contributed by atoms with Crippen LogP contribution in [-0.2, 0) is 0 Å². The molecule has 1 aliphatic heterocycles. The number of likely N-dealkylation sites (tertiary alicyclic amines) is 1. The number of benzene rings is 1. The summed E-state index contributed by atoms with van der Waals surface area (Å²) in [4.78, 5) is 19.0. The molecule has 1 aromatic carbocycles. The molecule has 5 nitrogen and oxygen atoms in total. The van der Waals surface area contributed by atoms with E-state index in [-0.39, 0.29) is 5.91 Å². The highest BCUT2D eigenvalue weighted by Gasteiger charge is 2.24. The van der Waals surface area contributed by atoms with Gasteiger partial charge in [-0.3, -0.25) is 4.79 Å². The maximum atomic E-state index is 12.8. The quantitative estimate of drug-likeness (QED) is 0.866. The number of nitrogens with one attached hydrogen (secondary N) is 1. The van der Waals surface area contributed by atoms with Crippen molar-refractivity contribution in [3.8, 4) is 5.75 Å². The Morgan fingerprint density at radius 1 is 1.00 bits per heavy atom. The van der Waals surface area contributed by atoms with Crippen molar-refractivity contribution in [2.75, 3.05) is 18.4 Å². The average molecular weight is 365 g/mol. The van der Waals surface area contributed by atoms with Crippen molar-refractivity contribution in [1.82, 2.24) is 9.88 Å². The molecular formula is C22H27N3O2. The van der Waals surface area contributed by atoms with E-state index in [9.17, 15) is 4.79 Å². The topological polar surface area (TPSA) is 54.5 Å². The van der Waals surface area contributed by atoms with Gasteiger partial charge in [0, 0.05) is 30.9 Å². The molecule has 2 fully saturated rings. The highest BCUT2D eigenvalue weighted by Crippen LogP contribution is 2.25. The van der Waals surface area contributed by atoms with E-state index in [2.05, 4.69) is 10.3 Å². The fourth-order valence-corrected chi connectivity index (χ4v) is 3.94. The number of piperidine rings is 1. The average Bonchev–Trinajstić information content (AvgIpc) is 3.22. The molecule has 0 unspecified atom stereocenters. The fourth-order valence-electron chi connectivity index (χ4n) is 3.94. The first-order valence-corrected chi connectivity index (χ1v) is 10.0. The van der Waals surface area contributed by atoms with Crippen LogP contribution in [-0.4, -0.2) is 41.0 Å². The van der Waals surface area contributed by atoms with Crippen LogP contribution in [0.5, 0.6) is 5.75 Å². The lowest BCUT2D eigenvalue weighted by Gasteiger charge is -2.32. The van der Waals surface area contributed by atoms with Gasteiger partial charge < -0.3 is 15.0 Å². The molecule has 2 aromatic rings. The molecule has 1 saturated carbocycles. The van der Waals surface area contributed by atoms with Crippen LogP contribution in [0.2, 0.25) is 0 Å². The van der Waals surface area contributed by atoms with Gasteiger partial charge in [0.2, 0.25) is 0 Å². The zero-order valence-corrected chi connectivity index (χ0v) is 15.6. The molecule has 1 aliphatic carbocycles. The molecular weight excluding hydrogens is 338 g/mol. The minimum atomic E-state index is 0.110. The molecule has 2 heterocycles. The second-order valence-corrected chi connectivity index (χ2v) is 7.47. The van der Waals surface area contributed by atoms with Crippen LogP contribution in [0.15, 0.2) is 48.7 Å². The highest BCUT2D eigenvalue weighted by molar-refractivity contribution is 5.94. The van der Waals surface area contributed by atoms with Gasteiger partial charge in [0.1, 0.15) is 11.6 Å². The molecule has 0 radical (unpaired) electrons. The van der Waals surface area contributed by atoms with Gasteiger partial charge in [0.05, 0.1) is 6.10 Å². The number of carbonyl (C=O) groups excluding carboxylic acids is 1. The van der Waals surface area contributed by atoms with Crippen LogP contribution < -0.4 is 10.1 Å². The third-order valence-corrected chi connectivity index (χ3v) is 5.51. The van der Waals surface area contributed by atoms with Crippen molar-refractivity contribution >= 4 is 11.7 Å². The van der Waals surface area contributed by atoms with Gasteiger partial charge >= 0.3 is 0 Å². The summed E-state index contributed by atoms with van der Waals surface area (Å²) in [6.45, 7) is 1.54. The molecule has 2 aliphatic rings. The van der Waals surface area contributed by atoms with Gasteiger partial charge in [-0.25, -0.2) is 4.98 Å². The summed E-state index contributed by atoms with van der Waals surface area (Å²) < 4.78 is 5.99. The second-order valence-electron chi connectivity index (χ2n) is 7.47. The third-order valence-electron chi connectivity index (χ3n) is 5.51. The summed E-state index contributed by atoms with van der Waals surface area (Å²) in [6.07, 6.45) is 8.80. The number of nitrogens with zero attached hydrogens (tertiary/aromatic N) is 2. The third kappa shape index (κ3) is 4.59. The molecule has 142 valence electrons. The van der Waals surface area contributed by atoms with E-state index in [0.29, 0.717) is 12.1 Å². The second kappa shape index (κ2) is 8.42. The Morgan fingerprint density at radius 3 is 2.41 bits per heavy atom. The van der Waals surface area contributed by atoms with E-state index in [1.54, 1.807) is 6.20 Å². The van der Waals surface area contributed by atoms with Crippen molar-refractivity contribution in [1.29, 1.82) is 0 Å². The summed E-state index contributed by atoms with van der Waals surface area (Å²) in [5.41, 5.74) is 0.741. The Morgan fingerprint density at radius 2 is 1.74 bits per heavy atom. The number of amides is 1. The number of rotatable bonds is 5. The van der Waals surface area contributed by atoms with Crippen LogP contribution in [0.25, 0.3) is 0 Å². The van der Waals surface area contributed by atoms with Crippen LogP contribution in [0.1, 0.15) is 48.9 Å². The van der Waals surface area contributed by atoms with Crippen molar-refractivity contribution in [2.24, 2.45) is 0 Å². The molecule has 0 bridgehead atoms. The lowest BCUT2D eigenvalue weighted by molar-refractivity contribution is 0.0718. The SMILES string of the molecule is O=C(c1ccc(OC2CCCC2)cc1)N1CCC(Nc2ccccn2)CC1. The smallest absolute Gasteiger partial charge is 0.253 e. The number of pyridine rings is 1. The molecule has 1 aromatic heterocycles. The summed E-state index contributed by atoms with van der Waals surface area (Å²) >= 11 is 0. The zero-order chi connectivity index (χ0) is 18.5. The largest absolute Gasteiger partial charge is 0.490 e. The number of aromatic nitrogens is 1. The van der Waals surface area contributed by atoms with E-state index >= 15 is 0 Å². The number of carbonyl (C=O) groups is 1. The molecule has 5 heteroatoms. The Hall–Kier alpha value is -2.56. The number of hydrogen-bond donors (Lipinski definition) is 1. The van der Waals surface area contributed by atoms with Gasteiger partial charge in [-0.1, -0.05) is 6.07 Å². The summed E-state index contributed by atoms with van der Waals surface area (Å²) in [7, 11) is 0. The lowest BCUT2D eigenvalue weighted by Crippen LogP contribution is -2.42. The van der Waals surface area contributed by atoms with Gasteiger partial charge in [0.25, 0.3) is 5.91 Å². The summed E-state index contributed by atoms with van der Waals surface area (Å²) in [5, 5.41) is 3.46. The minimum absolute atomic E-state index is 0.110. The summed E-state index contributed by atoms with van der Waals surface area (Å²) in [5.74, 6) is 1.88. The van der Waals surface area contributed by atoms with Gasteiger partial charge in [-0.15, -0.1) is 0 Å². The van der Waals surface area contributed by atoms with Gasteiger partial charge in [-0.2, -0.15) is 0 Å². The first-order valence-electron chi connectivity index (χ1n) is 10.0. The van der Waals surface area contributed by atoms with Crippen LogP contribution >= 0.6 is 0 Å².